The van der Waals surface area contributed by atoms with Gasteiger partial charge in [-0.2, -0.15) is 0 Å². The number of hydrogen-bond donors (Lipinski definition) is 1. The van der Waals surface area contributed by atoms with E-state index in [9.17, 15) is 9.59 Å². The molecule has 1 unspecified atom stereocenters. The number of amides is 1. The van der Waals surface area contributed by atoms with Crippen LogP contribution in [0.5, 0.6) is 11.5 Å². The van der Waals surface area contributed by atoms with Crippen LogP contribution in [0.3, 0.4) is 0 Å². The van der Waals surface area contributed by atoms with E-state index in [1.807, 2.05) is 13.8 Å². The largest absolute Gasteiger partial charge is 0.497 e. The van der Waals surface area contributed by atoms with Gasteiger partial charge in [-0.05, 0) is 24.1 Å². The third-order valence-corrected chi connectivity index (χ3v) is 3.57. The van der Waals surface area contributed by atoms with Gasteiger partial charge in [-0.3, -0.25) is 9.59 Å². The van der Waals surface area contributed by atoms with Crippen molar-refractivity contribution in [2.45, 2.75) is 33.2 Å². The molecular weight excluding hydrogens is 298 g/mol. The van der Waals surface area contributed by atoms with Crippen LogP contribution in [0.15, 0.2) is 18.2 Å². The van der Waals surface area contributed by atoms with E-state index in [0.29, 0.717) is 11.5 Å². The average molecular weight is 323 g/mol. The van der Waals surface area contributed by atoms with Gasteiger partial charge in [0.15, 0.2) is 0 Å². The lowest BCUT2D eigenvalue weighted by molar-refractivity contribution is -0.146. The SMILES string of the molecule is CCCC(C)C(=O)N(CC(=O)O)Cc1cc(OC)cc(OC)c1. The first-order chi connectivity index (χ1) is 10.9. The Bertz CT molecular complexity index is 522. The van der Waals surface area contributed by atoms with E-state index in [1.54, 1.807) is 32.4 Å². The molecule has 6 nitrogen and oxygen atoms in total. The molecule has 0 bridgehead atoms. The summed E-state index contributed by atoms with van der Waals surface area (Å²) >= 11 is 0. The first-order valence-corrected chi connectivity index (χ1v) is 7.63. The zero-order valence-corrected chi connectivity index (χ0v) is 14.2. The lowest BCUT2D eigenvalue weighted by Crippen LogP contribution is -2.38. The third-order valence-electron chi connectivity index (χ3n) is 3.57. The van der Waals surface area contributed by atoms with Gasteiger partial charge >= 0.3 is 5.97 Å². The summed E-state index contributed by atoms with van der Waals surface area (Å²) in [4.78, 5) is 24.9. The fraction of sp³-hybridized carbons (Fsp3) is 0.529. The molecule has 0 fully saturated rings. The second-order valence-corrected chi connectivity index (χ2v) is 5.50. The van der Waals surface area contributed by atoms with Crippen molar-refractivity contribution in [3.8, 4) is 11.5 Å². The molecule has 0 spiro atoms. The minimum absolute atomic E-state index is 0.156. The number of carbonyl (C=O) groups is 2. The predicted octanol–water partition coefficient (Wildman–Crippen LogP) is 2.55. The number of ether oxygens (including phenoxy) is 2. The summed E-state index contributed by atoms with van der Waals surface area (Å²) in [6.45, 7) is 3.70. The summed E-state index contributed by atoms with van der Waals surface area (Å²) in [5.74, 6) is -0.188. The fourth-order valence-electron chi connectivity index (χ4n) is 2.42. The molecule has 0 aliphatic carbocycles. The smallest absolute Gasteiger partial charge is 0.323 e. The highest BCUT2D eigenvalue weighted by Crippen LogP contribution is 2.24. The quantitative estimate of drug-likeness (QED) is 0.756. The second-order valence-electron chi connectivity index (χ2n) is 5.50. The minimum Gasteiger partial charge on any atom is -0.497 e. The van der Waals surface area contributed by atoms with E-state index >= 15 is 0 Å². The Morgan fingerprint density at radius 2 is 1.74 bits per heavy atom. The van der Waals surface area contributed by atoms with Gasteiger partial charge in [0.25, 0.3) is 0 Å². The van der Waals surface area contributed by atoms with Crippen LogP contribution >= 0.6 is 0 Å². The molecule has 0 aliphatic rings. The van der Waals surface area contributed by atoms with Crippen LogP contribution < -0.4 is 9.47 Å². The predicted molar refractivity (Wildman–Crippen MR) is 86.7 cm³/mol. The molecule has 1 atom stereocenters. The molecule has 128 valence electrons. The summed E-state index contributed by atoms with van der Waals surface area (Å²) in [6.07, 6.45) is 1.61. The van der Waals surface area contributed by atoms with Crippen molar-refractivity contribution in [1.82, 2.24) is 4.90 Å². The van der Waals surface area contributed by atoms with Crippen LogP contribution in [0.2, 0.25) is 0 Å². The first kappa shape index (κ1) is 18.8. The molecule has 1 aromatic rings. The Balaban J connectivity index is 3.00. The summed E-state index contributed by atoms with van der Waals surface area (Å²) in [6, 6.07) is 5.27. The number of carbonyl (C=O) groups excluding carboxylic acids is 1. The number of methoxy groups -OCH3 is 2. The average Bonchev–Trinajstić information content (AvgIpc) is 2.52. The highest BCUT2D eigenvalue weighted by molar-refractivity contribution is 5.82. The maximum Gasteiger partial charge on any atom is 0.323 e. The van der Waals surface area contributed by atoms with Gasteiger partial charge in [0.1, 0.15) is 18.0 Å². The Hall–Kier alpha value is -2.24. The number of nitrogens with zero attached hydrogens (tertiary/aromatic N) is 1. The number of aliphatic carboxylic acids is 1. The third kappa shape index (κ3) is 5.81. The van der Waals surface area contributed by atoms with Gasteiger partial charge in [-0.25, -0.2) is 0 Å². The maximum atomic E-state index is 12.5. The number of carboxylic acids is 1. The highest BCUT2D eigenvalue weighted by atomic mass is 16.5. The molecule has 0 saturated carbocycles. The Morgan fingerprint density at radius 3 is 2.17 bits per heavy atom. The molecule has 0 heterocycles. The van der Waals surface area contributed by atoms with Gasteiger partial charge in [0.05, 0.1) is 14.2 Å². The Labute approximate surface area is 137 Å². The lowest BCUT2D eigenvalue weighted by Gasteiger charge is -2.24. The zero-order valence-electron chi connectivity index (χ0n) is 14.2. The summed E-state index contributed by atoms with van der Waals surface area (Å²) in [5.41, 5.74) is 0.763. The minimum atomic E-state index is -1.03. The van der Waals surface area contributed by atoms with Crippen LogP contribution in [0.1, 0.15) is 32.3 Å². The molecule has 1 N–H and O–H groups in total. The molecule has 1 aromatic carbocycles. The topological polar surface area (TPSA) is 76.1 Å². The fourth-order valence-corrected chi connectivity index (χ4v) is 2.42. The van der Waals surface area contributed by atoms with Crippen molar-refractivity contribution < 1.29 is 24.2 Å². The second kappa shape index (κ2) is 9.02. The number of carboxylic acid groups (broad SMARTS) is 1. The van der Waals surface area contributed by atoms with E-state index < -0.39 is 5.97 Å². The van der Waals surface area contributed by atoms with E-state index in [4.69, 9.17) is 14.6 Å². The van der Waals surface area contributed by atoms with Gasteiger partial charge in [-0.1, -0.05) is 20.3 Å². The summed E-state index contributed by atoms with van der Waals surface area (Å²) in [5, 5.41) is 9.08. The van der Waals surface area contributed by atoms with Gasteiger partial charge in [-0.15, -0.1) is 0 Å². The molecule has 6 heteroatoms. The summed E-state index contributed by atoms with van der Waals surface area (Å²) in [7, 11) is 3.09. The van der Waals surface area contributed by atoms with Crippen LogP contribution in [0, 0.1) is 5.92 Å². The molecule has 23 heavy (non-hydrogen) atoms. The standard InChI is InChI=1S/C17H25NO5/c1-5-6-12(2)17(21)18(11-16(19)20)10-13-7-14(22-3)9-15(8-13)23-4/h7-9,12H,5-6,10-11H2,1-4H3,(H,19,20). The lowest BCUT2D eigenvalue weighted by atomic mass is 10.0. The Morgan fingerprint density at radius 1 is 1.17 bits per heavy atom. The maximum absolute atomic E-state index is 12.5. The van der Waals surface area contributed by atoms with Gasteiger partial charge in [0.2, 0.25) is 5.91 Å². The normalized spacial score (nSPS) is 11.7. The van der Waals surface area contributed by atoms with E-state index in [1.165, 1.54) is 4.90 Å². The van der Waals surface area contributed by atoms with Crippen LogP contribution in [-0.2, 0) is 16.1 Å². The molecule has 1 rings (SSSR count). The van der Waals surface area contributed by atoms with Crippen molar-refractivity contribution in [3.05, 3.63) is 23.8 Å². The van der Waals surface area contributed by atoms with Crippen molar-refractivity contribution >= 4 is 11.9 Å². The van der Waals surface area contributed by atoms with Crippen molar-refractivity contribution in [2.24, 2.45) is 5.92 Å². The van der Waals surface area contributed by atoms with Crippen molar-refractivity contribution in [1.29, 1.82) is 0 Å². The van der Waals surface area contributed by atoms with Gasteiger partial charge in [0, 0.05) is 18.5 Å². The number of benzene rings is 1. The molecular formula is C17H25NO5. The van der Waals surface area contributed by atoms with E-state index in [0.717, 1.165) is 18.4 Å². The van der Waals surface area contributed by atoms with Crippen LogP contribution in [0.25, 0.3) is 0 Å². The molecule has 0 aliphatic heterocycles. The van der Waals surface area contributed by atoms with Crippen LogP contribution in [-0.4, -0.2) is 42.6 Å². The molecule has 1 amide bonds. The van der Waals surface area contributed by atoms with Crippen molar-refractivity contribution in [2.75, 3.05) is 20.8 Å². The number of rotatable bonds is 9. The van der Waals surface area contributed by atoms with Crippen molar-refractivity contribution in [3.63, 3.8) is 0 Å². The first-order valence-electron chi connectivity index (χ1n) is 7.63. The molecule has 0 saturated heterocycles. The van der Waals surface area contributed by atoms with E-state index in [2.05, 4.69) is 0 Å². The van der Waals surface area contributed by atoms with Gasteiger partial charge < -0.3 is 19.5 Å². The van der Waals surface area contributed by atoms with E-state index in [-0.39, 0.29) is 24.9 Å². The molecule has 0 aromatic heterocycles. The van der Waals surface area contributed by atoms with Crippen LogP contribution in [0.4, 0.5) is 0 Å². The number of hydrogen-bond acceptors (Lipinski definition) is 4. The summed E-state index contributed by atoms with van der Waals surface area (Å²) < 4.78 is 10.4. The molecule has 0 radical (unpaired) electrons. The Kier molecular flexibility index (Phi) is 7.38. The highest BCUT2D eigenvalue weighted by Gasteiger charge is 2.22. The monoisotopic (exact) mass is 323 g/mol. The zero-order chi connectivity index (χ0) is 17.4.